The Hall–Kier alpha value is -2.11. The zero-order valence-electron chi connectivity index (χ0n) is 11.1. The molecule has 2 aromatic rings. The van der Waals surface area contributed by atoms with Gasteiger partial charge in [-0.05, 0) is 24.3 Å². The van der Waals surface area contributed by atoms with Crippen molar-refractivity contribution in [2.75, 3.05) is 0 Å². The summed E-state index contributed by atoms with van der Waals surface area (Å²) >= 11 is 4.29. The highest BCUT2D eigenvalue weighted by Crippen LogP contribution is 2.27. The Morgan fingerprint density at radius 1 is 1.05 bits per heavy atom. The Morgan fingerprint density at radius 3 is 2.67 bits per heavy atom. The fourth-order valence-electron chi connectivity index (χ4n) is 1.99. The van der Waals surface area contributed by atoms with Crippen LogP contribution in [-0.2, 0) is 0 Å². The number of benzene rings is 2. The molecule has 0 fully saturated rings. The van der Waals surface area contributed by atoms with Crippen LogP contribution in [0.4, 0.5) is 0 Å². The van der Waals surface area contributed by atoms with Gasteiger partial charge in [0.2, 0.25) is 0 Å². The maximum absolute atomic E-state index is 10.2. The Balaban J connectivity index is 1.80. The van der Waals surface area contributed by atoms with E-state index in [2.05, 4.69) is 12.6 Å². The van der Waals surface area contributed by atoms with E-state index in [0.717, 1.165) is 5.56 Å². The molecule has 1 N–H and O–H groups in total. The molecule has 0 aromatic heterocycles. The average Bonchev–Trinajstić information content (AvgIpc) is 2.72. The summed E-state index contributed by atoms with van der Waals surface area (Å²) in [5.41, 5.74) is 1.28. The van der Waals surface area contributed by atoms with Crippen LogP contribution in [-0.4, -0.2) is 12.1 Å². The topological polar surface area (TPSA) is 38.7 Å². The first-order chi connectivity index (χ1) is 10.2. The third-order valence-electron chi connectivity index (χ3n) is 3.03. The predicted molar refractivity (Wildman–Crippen MR) is 86.5 cm³/mol. The first kappa shape index (κ1) is 13.9. The summed E-state index contributed by atoms with van der Waals surface area (Å²) in [5, 5.41) is 10.2. The number of fused-ring (bicyclic) bond motifs is 1. The lowest BCUT2D eigenvalue weighted by Gasteiger charge is -2.15. The van der Waals surface area contributed by atoms with E-state index in [-0.39, 0.29) is 0 Å². The summed E-state index contributed by atoms with van der Waals surface area (Å²) < 4.78 is 11.2. The van der Waals surface area contributed by atoms with Gasteiger partial charge in [-0.15, -0.1) is 12.6 Å². The third kappa shape index (κ3) is 3.15. The Bertz CT molecular complexity index is 712. The van der Waals surface area contributed by atoms with Crippen molar-refractivity contribution in [2.24, 2.45) is 0 Å². The van der Waals surface area contributed by atoms with Gasteiger partial charge in [0, 0.05) is 10.5 Å². The van der Waals surface area contributed by atoms with Gasteiger partial charge in [-0.1, -0.05) is 42.5 Å². The number of rotatable bonds is 3. The van der Waals surface area contributed by atoms with Gasteiger partial charge in [-0.2, -0.15) is 0 Å². The second-order valence-corrected chi connectivity index (χ2v) is 4.99. The second kappa shape index (κ2) is 6.12. The van der Waals surface area contributed by atoms with Crippen LogP contribution in [0.25, 0.3) is 6.08 Å². The summed E-state index contributed by atoms with van der Waals surface area (Å²) in [7, 11) is -1.20. The number of ether oxygens (including phenoxy) is 1. The largest absolute Gasteiger partial charge is 0.598 e. The van der Waals surface area contributed by atoms with Gasteiger partial charge >= 0.3 is 7.12 Å². The number of allylic oxidation sites excluding steroid dienone is 2. The second-order valence-electron chi connectivity index (χ2n) is 4.51. The zero-order chi connectivity index (χ0) is 14.7. The van der Waals surface area contributed by atoms with Crippen molar-refractivity contribution in [1.82, 2.24) is 0 Å². The molecule has 3 nitrogen and oxygen atoms in total. The van der Waals surface area contributed by atoms with Crippen LogP contribution in [0.15, 0.2) is 71.2 Å². The molecule has 0 radical (unpaired) electrons. The van der Waals surface area contributed by atoms with Crippen molar-refractivity contribution >= 4 is 25.8 Å². The molecule has 0 atom stereocenters. The molecule has 1 aliphatic heterocycles. The van der Waals surface area contributed by atoms with Gasteiger partial charge in [0.05, 0.1) is 0 Å². The summed E-state index contributed by atoms with van der Waals surface area (Å²) in [6.45, 7) is 0. The van der Waals surface area contributed by atoms with Crippen molar-refractivity contribution in [1.29, 1.82) is 0 Å². The number of para-hydroxylation sites is 2. The highest BCUT2D eigenvalue weighted by molar-refractivity contribution is 7.80. The molecule has 21 heavy (non-hydrogen) atoms. The minimum Gasteiger partial charge on any atom is -0.530 e. The summed E-state index contributed by atoms with van der Waals surface area (Å²) in [6, 6.07) is 14.8. The summed E-state index contributed by atoms with van der Waals surface area (Å²) in [6.07, 6.45) is 5.42. The van der Waals surface area contributed by atoms with E-state index in [1.807, 2.05) is 48.6 Å². The maximum Gasteiger partial charge on any atom is 0.598 e. The molecule has 1 aliphatic rings. The van der Waals surface area contributed by atoms with Gasteiger partial charge in [0.1, 0.15) is 17.2 Å². The molecule has 0 saturated heterocycles. The molecule has 5 heteroatoms. The van der Waals surface area contributed by atoms with Gasteiger partial charge in [0.25, 0.3) is 0 Å². The lowest BCUT2D eigenvalue weighted by atomic mass is 9.86. The van der Waals surface area contributed by atoms with Crippen LogP contribution >= 0.6 is 12.6 Å². The molecule has 0 amide bonds. The van der Waals surface area contributed by atoms with Crippen molar-refractivity contribution in [3.8, 4) is 11.5 Å². The quantitative estimate of drug-likeness (QED) is 0.674. The minimum atomic E-state index is -1.20. The number of hydrogen-bond acceptors (Lipinski definition) is 4. The standard InChI is InChI=1S/C16H13BO3S/c18-17(20-14-9-3-4-10-15(14)21)16-11-5-7-12-6-1-2-8-13(12)19-16/h1-11,18,21H. The Morgan fingerprint density at radius 2 is 1.81 bits per heavy atom. The molecule has 0 spiro atoms. The number of thiol groups is 1. The fourth-order valence-corrected chi connectivity index (χ4v) is 2.20. The highest BCUT2D eigenvalue weighted by atomic mass is 32.1. The lowest BCUT2D eigenvalue weighted by Crippen LogP contribution is -2.28. The molecule has 0 saturated carbocycles. The molecule has 3 rings (SSSR count). The van der Waals surface area contributed by atoms with E-state index in [0.29, 0.717) is 22.1 Å². The molecule has 104 valence electrons. The Kier molecular flexibility index (Phi) is 4.04. The maximum atomic E-state index is 10.2. The summed E-state index contributed by atoms with van der Waals surface area (Å²) in [5.74, 6) is 1.18. The first-order valence-corrected chi connectivity index (χ1v) is 6.96. The Labute approximate surface area is 129 Å². The fraction of sp³-hybridized carbons (Fsp3) is 0. The van der Waals surface area contributed by atoms with Crippen molar-refractivity contribution < 1.29 is 14.4 Å². The van der Waals surface area contributed by atoms with E-state index in [1.54, 1.807) is 18.2 Å². The van der Waals surface area contributed by atoms with Gasteiger partial charge in [-0.3, -0.25) is 0 Å². The monoisotopic (exact) mass is 296 g/mol. The summed E-state index contributed by atoms with van der Waals surface area (Å²) in [4.78, 5) is 0.654. The molecule has 0 unspecified atom stereocenters. The zero-order valence-corrected chi connectivity index (χ0v) is 12.0. The predicted octanol–water partition coefficient (Wildman–Crippen LogP) is 3.36. The van der Waals surface area contributed by atoms with Crippen LogP contribution in [0.1, 0.15) is 5.56 Å². The van der Waals surface area contributed by atoms with Crippen molar-refractivity contribution in [2.45, 2.75) is 4.90 Å². The van der Waals surface area contributed by atoms with Crippen LogP contribution in [0.3, 0.4) is 0 Å². The molecule has 0 aliphatic carbocycles. The van der Waals surface area contributed by atoms with Gasteiger partial charge in [0.15, 0.2) is 0 Å². The van der Waals surface area contributed by atoms with E-state index < -0.39 is 7.12 Å². The third-order valence-corrected chi connectivity index (χ3v) is 3.40. The molecule has 0 bridgehead atoms. The van der Waals surface area contributed by atoms with Gasteiger partial charge in [-0.25, -0.2) is 0 Å². The molecule has 2 aromatic carbocycles. The number of hydrogen-bond donors (Lipinski definition) is 2. The lowest BCUT2D eigenvalue weighted by molar-refractivity contribution is 0.365. The first-order valence-electron chi connectivity index (χ1n) is 6.52. The molecular formula is C16H13BO3S. The van der Waals surface area contributed by atoms with Crippen LogP contribution in [0.2, 0.25) is 0 Å². The minimum absolute atomic E-state index is 0.327. The van der Waals surface area contributed by atoms with Crippen LogP contribution < -0.4 is 9.39 Å². The molecule has 1 heterocycles. The van der Waals surface area contributed by atoms with Crippen molar-refractivity contribution in [3.63, 3.8) is 0 Å². The van der Waals surface area contributed by atoms with E-state index >= 15 is 0 Å². The van der Waals surface area contributed by atoms with Crippen LogP contribution in [0, 0.1) is 0 Å². The van der Waals surface area contributed by atoms with E-state index in [1.165, 1.54) is 0 Å². The van der Waals surface area contributed by atoms with E-state index in [4.69, 9.17) is 9.39 Å². The van der Waals surface area contributed by atoms with Crippen molar-refractivity contribution in [3.05, 3.63) is 71.9 Å². The normalized spacial score (nSPS) is 12.8. The smallest absolute Gasteiger partial charge is 0.530 e. The van der Waals surface area contributed by atoms with E-state index in [9.17, 15) is 5.02 Å². The molecular weight excluding hydrogens is 283 g/mol. The SMILES string of the molecule is OB(Oc1ccccc1S)C1=CC=Cc2ccccc2O1. The average molecular weight is 296 g/mol. The highest BCUT2D eigenvalue weighted by Gasteiger charge is 2.26. The van der Waals surface area contributed by atoms with Gasteiger partial charge < -0.3 is 14.4 Å². The van der Waals surface area contributed by atoms with Crippen LogP contribution in [0.5, 0.6) is 11.5 Å².